The van der Waals surface area contributed by atoms with Crippen molar-refractivity contribution in [2.75, 3.05) is 0 Å². The van der Waals surface area contributed by atoms with Crippen molar-refractivity contribution in [3.05, 3.63) is 351 Å². The Labute approximate surface area is 595 Å². The van der Waals surface area contributed by atoms with Gasteiger partial charge >= 0.3 is 0 Å². The van der Waals surface area contributed by atoms with Crippen LogP contribution in [0.2, 0.25) is 0 Å². The van der Waals surface area contributed by atoms with Crippen molar-refractivity contribution in [2.24, 2.45) is 0 Å². The topological polar surface area (TPSA) is 79.2 Å². The van der Waals surface area contributed by atoms with Gasteiger partial charge in [0.05, 0.1) is 89.0 Å². The van der Waals surface area contributed by atoms with Crippen LogP contribution >= 0.6 is 0 Å². The van der Waals surface area contributed by atoms with Crippen LogP contribution < -0.4 is 0 Å². The molecule has 0 saturated carbocycles. The predicted molar refractivity (Wildman–Crippen MR) is 429 cm³/mol. The third-order valence-corrected chi connectivity index (χ3v) is 21.6. The van der Waals surface area contributed by atoms with E-state index in [9.17, 15) is 5.26 Å². The van der Waals surface area contributed by atoms with Gasteiger partial charge in [-0.25, -0.2) is 9.97 Å². The van der Waals surface area contributed by atoms with Crippen molar-refractivity contribution in [2.45, 2.75) is 0 Å². The molecule has 0 aliphatic carbocycles. The molecule has 0 bridgehead atoms. The minimum Gasteiger partial charge on any atom is -0.309 e. The maximum absolute atomic E-state index is 12.7. The lowest BCUT2D eigenvalue weighted by Gasteiger charge is -2.19. The quantitative estimate of drug-likeness (QED) is 0.144. The van der Waals surface area contributed by atoms with Gasteiger partial charge in [-0.2, -0.15) is 5.26 Å². The Balaban J connectivity index is 0.868. The molecule has 0 aliphatic heterocycles. The van der Waals surface area contributed by atoms with Gasteiger partial charge in [-0.3, -0.25) is 0 Å². The molecule has 104 heavy (non-hydrogen) atoms. The van der Waals surface area contributed by atoms with Gasteiger partial charge in [-0.1, -0.05) is 206 Å². The predicted octanol–water partition coefficient (Wildman–Crippen LogP) is 23.9. The summed E-state index contributed by atoms with van der Waals surface area (Å²) >= 11 is 0. The Morgan fingerprint density at radius 1 is 0.202 bits per heavy atom. The second-order valence-corrected chi connectivity index (χ2v) is 27.2. The molecule has 7 aromatic heterocycles. The number of fused-ring (bicyclic) bond motifs is 18. The van der Waals surface area contributed by atoms with E-state index >= 15 is 0 Å². The fourth-order valence-corrected chi connectivity index (χ4v) is 17.2. The molecule has 9 heteroatoms. The molecule has 0 N–H and O–H groups in total. The molecule has 22 rings (SSSR count). The molecule has 0 fully saturated rings. The minimum absolute atomic E-state index is 0.489. The molecule has 22 aromatic rings. The first-order valence-electron chi connectivity index (χ1n) is 35.3. The number of hydrogen-bond donors (Lipinski definition) is 0. The summed E-state index contributed by atoms with van der Waals surface area (Å²) in [5.74, 6) is 0.591. The average molecular weight is 1320 g/mol. The Kier molecular flexibility index (Phi) is 12.4. The van der Waals surface area contributed by atoms with E-state index in [1.165, 1.54) is 43.1 Å². The number of rotatable bonds is 9. The van der Waals surface area contributed by atoms with Gasteiger partial charge in [0.25, 0.3) is 0 Å². The van der Waals surface area contributed by atoms with Gasteiger partial charge in [0, 0.05) is 104 Å². The molecule has 0 unspecified atom stereocenters. The first-order valence-corrected chi connectivity index (χ1v) is 35.3. The van der Waals surface area contributed by atoms with Crippen molar-refractivity contribution in [1.82, 2.24) is 37.4 Å². The highest BCUT2D eigenvalue weighted by atomic mass is 15.1. The fraction of sp³-hybridized carbons (Fsp3) is 0. The number of nitriles is 1. The normalized spacial score (nSPS) is 12.0. The lowest BCUT2D eigenvalue weighted by molar-refractivity contribution is 1.11. The van der Waals surface area contributed by atoms with E-state index < -0.39 is 0 Å². The van der Waals surface area contributed by atoms with Crippen molar-refractivity contribution >= 4 is 131 Å². The Morgan fingerprint density at radius 3 is 0.721 bits per heavy atom. The van der Waals surface area contributed by atoms with E-state index in [-0.39, 0.29) is 0 Å². The van der Waals surface area contributed by atoms with Gasteiger partial charge in [-0.05, 0) is 140 Å². The highest BCUT2D eigenvalue weighted by molar-refractivity contribution is 6.17. The zero-order chi connectivity index (χ0) is 68.3. The highest BCUT2D eigenvalue weighted by Gasteiger charge is 2.27. The van der Waals surface area contributed by atoms with Crippen LogP contribution in [0, 0.1) is 11.3 Å². The van der Waals surface area contributed by atoms with Gasteiger partial charge in [-0.15, -0.1) is 0 Å². The van der Waals surface area contributed by atoms with Crippen molar-refractivity contribution in [1.29, 1.82) is 5.26 Å². The molecular formula is C95H57N9. The number of aromatic nitrogens is 8. The summed E-state index contributed by atoms with van der Waals surface area (Å²) in [6.45, 7) is 0. The molecule has 7 heterocycles. The number of benzene rings is 15. The summed E-state index contributed by atoms with van der Waals surface area (Å²) in [5.41, 5.74) is 22.9. The standard InChI is InChI=1S/C95H57N9/c96-58-78-93(103-89-47-43-62(99-81-35-15-7-27-66(81)67-28-8-16-36-82(67)99)53-74(89)75-54-63(44-48-90(75)103)100-83-37-17-9-29-68(83)69-30-10-18-38-84(69)100)51-61(80-57-79(59-23-3-1-4-24-59)97-95(98-80)60-25-5-2-6-26-60)52-94(78)104-91-49-45-64(101-85-39-19-11-31-70(85)71-32-12-20-40-86(71)101)55-76(91)77-56-65(46-50-92(77)104)102-87-41-21-13-33-72(87)73-34-14-22-42-88(73)102/h1-57H. The van der Waals surface area contributed by atoms with E-state index in [1.807, 2.05) is 24.3 Å². The molecule has 0 aliphatic rings. The van der Waals surface area contributed by atoms with Crippen molar-refractivity contribution < 1.29 is 0 Å². The summed E-state index contributed by atoms with van der Waals surface area (Å²) in [5, 5.41) is 26.3. The summed E-state index contributed by atoms with van der Waals surface area (Å²) in [6, 6.07) is 127. The van der Waals surface area contributed by atoms with Crippen LogP contribution in [-0.4, -0.2) is 37.4 Å². The summed E-state index contributed by atoms with van der Waals surface area (Å²) < 4.78 is 14.3. The SMILES string of the molecule is N#Cc1c(-n2c3ccc(-n4c5ccccc5c5ccccc54)cc3c3cc(-n4c5ccccc5c5ccccc54)ccc32)cc(-c2cc(-c3ccccc3)nc(-c3ccccc3)n2)cc1-n1c2ccc(-n3c4ccccc4c4ccccc43)cc2c2cc(-n3c4ccccc4c4ccccc43)ccc21. The van der Waals surface area contributed by atoms with E-state index in [2.05, 4.69) is 355 Å². The summed E-state index contributed by atoms with van der Waals surface area (Å²) in [7, 11) is 0. The van der Waals surface area contributed by atoms with Crippen LogP contribution in [0.1, 0.15) is 5.56 Å². The third-order valence-electron chi connectivity index (χ3n) is 21.6. The van der Waals surface area contributed by atoms with Gasteiger partial charge in [0.15, 0.2) is 5.82 Å². The maximum atomic E-state index is 12.7. The molecular weight excluding hydrogens is 1270 g/mol. The highest BCUT2D eigenvalue weighted by Crippen LogP contribution is 2.46. The molecule has 0 saturated heterocycles. The van der Waals surface area contributed by atoms with Crippen molar-refractivity contribution in [3.63, 3.8) is 0 Å². The molecule has 9 nitrogen and oxygen atoms in total. The maximum Gasteiger partial charge on any atom is 0.160 e. The monoisotopic (exact) mass is 1320 g/mol. The van der Waals surface area contributed by atoms with E-state index in [4.69, 9.17) is 9.97 Å². The van der Waals surface area contributed by atoms with Crippen LogP contribution in [0.3, 0.4) is 0 Å². The first-order chi connectivity index (χ1) is 51.6. The largest absolute Gasteiger partial charge is 0.309 e. The van der Waals surface area contributed by atoms with Crippen LogP contribution in [0.15, 0.2) is 346 Å². The minimum atomic E-state index is 0.489. The van der Waals surface area contributed by atoms with Gasteiger partial charge < -0.3 is 27.4 Å². The lowest BCUT2D eigenvalue weighted by Crippen LogP contribution is -2.06. The van der Waals surface area contributed by atoms with Crippen LogP contribution in [-0.2, 0) is 0 Å². The summed E-state index contributed by atoms with van der Waals surface area (Å²) in [6.07, 6.45) is 0. The smallest absolute Gasteiger partial charge is 0.160 e. The Morgan fingerprint density at radius 2 is 0.442 bits per heavy atom. The van der Waals surface area contributed by atoms with E-state index in [1.54, 1.807) is 0 Å². The van der Waals surface area contributed by atoms with Gasteiger partial charge in [0.1, 0.15) is 11.6 Å². The summed E-state index contributed by atoms with van der Waals surface area (Å²) in [4.78, 5) is 10.9. The second kappa shape index (κ2) is 22.3. The Bertz CT molecular complexity index is 6450. The second-order valence-electron chi connectivity index (χ2n) is 27.2. The number of nitrogens with zero attached hydrogens (tertiary/aromatic N) is 9. The van der Waals surface area contributed by atoms with Gasteiger partial charge in [0.2, 0.25) is 0 Å². The van der Waals surface area contributed by atoms with E-state index in [0.717, 1.165) is 133 Å². The number of para-hydroxylation sites is 8. The van der Waals surface area contributed by atoms with Crippen LogP contribution in [0.25, 0.3) is 199 Å². The van der Waals surface area contributed by atoms with Crippen LogP contribution in [0.5, 0.6) is 0 Å². The Hall–Kier alpha value is -14.3. The molecule has 0 radical (unpaired) electrons. The molecule has 0 spiro atoms. The zero-order valence-corrected chi connectivity index (χ0v) is 55.9. The molecule has 0 atom stereocenters. The molecule has 15 aromatic carbocycles. The third kappa shape index (κ3) is 8.42. The fourth-order valence-electron chi connectivity index (χ4n) is 17.2. The van der Waals surface area contributed by atoms with Crippen molar-refractivity contribution in [3.8, 4) is 74.1 Å². The van der Waals surface area contributed by atoms with E-state index in [0.29, 0.717) is 28.5 Å². The molecule has 0 amide bonds. The first kappa shape index (κ1) is 57.6. The lowest BCUT2D eigenvalue weighted by atomic mass is 10.0. The zero-order valence-electron chi connectivity index (χ0n) is 55.9. The number of hydrogen-bond acceptors (Lipinski definition) is 3. The molecule has 482 valence electrons. The average Bonchev–Trinajstić information content (AvgIpc) is 1.55. The van der Waals surface area contributed by atoms with Crippen LogP contribution in [0.4, 0.5) is 0 Å².